The molecule has 0 saturated heterocycles. The number of ether oxygens (including phenoxy) is 1. The smallest absolute Gasteiger partial charge is 0.263 e. The van der Waals surface area contributed by atoms with Crippen LogP contribution in [0, 0.1) is 0 Å². The molecule has 1 aliphatic heterocycles. The third kappa shape index (κ3) is 3.88. The van der Waals surface area contributed by atoms with E-state index < -0.39 is 11.4 Å². The standard InChI is InChI=1S/C22H24N10O2/c1-22(2,23)15-7-8-17-28-29-19(32(15)17)14-5-4-6-16(26-14)27-20(33)13-12-31(30-21(13)34-3)18-11-24-9-10-25-18/h4-6,9-12,15H,7-8,23H2,1-3H3,(H,26,27,33)/t15-/m1/s1. The lowest BCUT2D eigenvalue weighted by molar-refractivity contribution is 0.102. The van der Waals surface area contributed by atoms with E-state index in [1.165, 1.54) is 30.4 Å². The van der Waals surface area contributed by atoms with Crippen molar-refractivity contribution in [3.05, 3.63) is 54.4 Å². The molecule has 1 amide bonds. The van der Waals surface area contributed by atoms with Crippen LogP contribution >= 0.6 is 0 Å². The predicted octanol–water partition coefficient (Wildman–Crippen LogP) is 1.80. The number of aryl methyl sites for hydroxylation is 1. The molecular weight excluding hydrogens is 436 g/mol. The molecule has 5 rings (SSSR count). The van der Waals surface area contributed by atoms with Crippen LogP contribution in [0.3, 0.4) is 0 Å². The van der Waals surface area contributed by atoms with Crippen molar-refractivity contribution in [2.24, 2.45) is 5.73 Å². The lowest BCUT2D eigenvalue weighted by Gasteiger charge is -2.29. The second-order valence-electron chi connectivity index (χ2n) is 8.61. The van der Waals surface area contributed by atoms with Gasteiger partial charge in [0.25, 0.3) is 5.91 Å². The zero-order valence-corrected chi connectivity index (χ0v) is 19.0. The molecule has 0 saturated carbocycles. The SMILES string of the molecule is COc1nn(-c2cnccn2)cc1C(=O)Nc1cccc(-c2nnc3n2[C@@H](C(C)(C)N)CC3)n1. The highest BCUT2D eigenvalue weighted by molar-refractivity contribution is 6.05. The van der Waals surface area contributed by atoms with Crippen LogP contribution in [0.1, 0.15) is 42.5 Å². The third-order valence-corrected chi connectivity index (χ3v) is 5.70. The molecule has 12 heteroatoms. The van der Waals surface area contributed by atoms with Crippen LogP contribution in [0.15, 0.2) is 43.0 Å². The largest absolute Gasteiger partial charge is 0.479 e. The summed E-state index contributed by atoms with van der Waals surface area (Å²) in [4.78, 5) is 25.9. The summed E-state index contributed by atoms with van der Waals surface area (Å²) >= 11 is 0. The van der Waals surface area contributed by atoms with Crippen molar-refractivity contribution in [2.45, 2.75) is 38.3 Å². The molecule has 0 spiro atoms. The van der Waals surface area contributed by atoms with Crippen LogP contribution in [0.2, 0.25) is 0 Å². The minimum Gasteiger partial charge on any atom is -0.479 e. The van der Waals surface area contributed by atoms with Gasteiger partial charge in [0, 0.05) is 30.6 Å². The number of hydrogen-bond donors (Lipinski definition) is 2. The van der Waals surface area contributed by atoms with E-state index in [-0.39, 0.29) is 17.5 Å². The van der Waals surface area contributed by atoms with Crippen LogP contribution in [-0.4, -0.2) is 58.1 Å². The van der Waals surface area contributed by atoms with Crippen LogP contribution in [0.4, 0.5) is 5.82 Å². The topological polar surface area (TPSA) is 152 Å². The van der Waals surface area contributed by atoms with E-state index >= 15 is 0 Å². The van der Waals surface area contributed by atoms with E-state index in [1.54, 1.807) is 18.3 Å². The van der Waals surface area contributed by atoms with E-state index in [0.29, 0.717) is 23.2 Å². The van der Waals surface area contributed by atoms with E-state index in [9.17, 15) is 4.79 Å². The maximum atomic E-state index is 13.0. The van der Waals surface area contributed by atoms with Gasteiger partial charge in [0.1, 0.15) is 22.9 Å². The Hall–Kier alpha value is -4.19. The van der Waals surface area contributed by atoms with E-state index in [2.05, 4.69) is 40.1 Å². The van der Waals surface area contributed by atoms with Crippen molar-refractivity contribution in [3.8, 4) is 23.2 Å². The van der Waals surface area contributed by atoms with Crippen LogP contribution in [0.25, 0.3) is 17.3 Å². The van der Waals surface area contributed by atoms with Crippen molar-refractivity contribution in [3.63, 3.8) is 0 Å². The quantitative estimate of drug-likeness (QED) is 0.439. The summed E-state index contributed by atoms with van der Waals surface area (Å²) in [5.74, 6) is 2.05. The molecule has 0 bridgehead atoms. The summed E-state index contributed by atoms with van der Waals surface area (Å²) in [6, 6.07) is 5.39. The molecule has 0 fully saturated rings. The Morgan fingerprint density at radius 2 is 2.12 bits per heavy atom. The molecule has 3 N–H and O–H groups in total. The van der Waals surface area contributed by atoms with E-state index in [1.807, 2.05) is 19.9 Å². The molecule has 1 aliphatic rings. The van der Waals surface area contributed by atoms with Crippen LogP contribution in [0.5, 0.6) is 5.88 Å². The number of nitrogens with one attached hydrogen (secondary N) is 1. The van der Waals surface area contributed by atoms with Crippen LogP contribution in [-0.2, 0) is 6.42 Å². The molecule has 4 aromatic rings. The lowest BCUT2D eigenvalue weighted by atomic mass is 9.94. The number of anilines is 1. The second-order valence-corrected chi connectivity index (χ2v) is 8.61. The molecule has 0 unspecified atom stereocenters. The fourth-order valence-electron chi connectivity index (χ4n) is 4.10. The molecule has 4 aromatic heterocycles. The van der Waals surface area contributed by atoms with Gasteiger partial charge in [-0.2, -0.15) is 0 Å². The lowest BCUT2D eigenvalue weighted by Crippen LogP contribution is -2.41. The van der Waals surface area contributed by atoms with E-state index in [4.69, 9.17) is 10.5 Å². The van der Waals surface area contributed by atoms with Gasteiger partial charge >= 0.3 is 0 Å². The Kier molecular flexibility index (Phi) is 5.28. The number of rotatable bonds is 6. The normalized spacial score (nSPS) is 15.2. The van der Waals surface area contributed by atoms with Gasteiger partial charge in [0.15, 0.2) is 11.6 Å². The molecule has 0 aromatic carbocycles. The van der Waals surface area contributed by atoms with Crippen molar-refractivity contribution in [1.29, 1.82) is 0 Å². The van der Waals surface area contributed by atoms with Gasteiger partial charge in [-0.25, -0.2) is 14.6 Å². The first kappa shape index (κ1) is 21.6. The van der Waals surface area contributed by atoms with Crippen LogP contribution < -0.4 is 15.8 Å². The monoisotopic (exact) mass is 460 g/mol. The predicted molar refractivity (Wildman–Crippen MR) is 123 cm³/mol. The number of amides is 1. The zero-order valence-electron chi connectivity index (χ0n) is 19.0. The minimum absolute atomic E-state index is 0.0590. The van der Waals surface area contributed by atoms with Gasteiger partial charge in [0.2, 0.25) is 5.88 Å². The highest BCUT2D eigenvalue weighted by Gasteiger charge is 2.36. The Bertz CT molecular complexity index is 1340. The van der Waals surface area contributed by atoms with Crippen molar-refractivity contribution >= 4 is 11.7 Å². The van der Waals surface area contributed by atoms with Gasteiger partial charge in [-0.05, 0) is 32.4 Å². The van der Waals surface area contributed by atoms with Gasteiger partial charge in [0.05, 0.1) is 19.3 Å². The van der Waals surface area contributed by atoms with Crippen molar-refractivity contribution in [1.82, 2.24) is 39.5 Å². The summed E-state index contributed by atoms with van der Waals surface area (Å²) in [6.07, 6.45) is 7.86. The number of pyridine rings is 1. The Morgan fingerprint density at radius 3 is 2.85 bits per heavy atom. The second kappa shape index (κ2) is 8.30. The molecule has 174 valence electrons. The number of hydrogen-bond acceptors (Lipinski definition) is 9. The fraction of sp³-hybridized carbons (Fsp3) is 0.318. The van der Waals surface area contributed by atoms with Gasteiger partial charge in [-0.3, -0.25) is 9.78 Å². The third-order valence-electron chi connectivity index (χ3n) is 5.70. The average molecular weight is 461 g/mol. The molecule has 0 radical (unpaired) electrons. The molecule has 12 nitrogen and oxygen atoms in total. The molecule has 0 aliphatic carbocycles. The molecular formula is C22H24N10O2. The summed E-state index contributed by atoms with van der Waals surface area (Å²) in [5.41, 5.74) is 6.80. The zero-order chi connectivity index (χ0) is 23.9. The fourth-order valence-corrected chi connectivity index (χ4v) is 4.10. The number of aromatic nitrogens is 8. The number of nitrogens with zero attached hydrogens (tertiary/aromatic N) is 8. The summed E-state index contributed by atoms with van der Waals surface area (Å²) < 4.78 is 8.77. The van der Waals surface area contributed by atoms with Gasteiger partial charge in [-0.1, -0.05) is 6.07 Å². The highest BCUT2D eigenvalue weighted by atomic mass is 16.5. The summed E-state index contributed by atoms with van der Waals surface area (Å²) in [5, 5.41) is 15.7. The molecule has 1 atom stereocenters. The maximum absolute atomic E-state index is 13.0. The first-order chi connectivity index (χ1) is 16.3. The summed E-state index contributed by atoms with van der Waals surface area (Å²) in [7, 11) is 1.44. The Morgan fingerprint density at radius 1 is 1.26 bits per heavy atom. The first-order valence-corrected chi connectivity index (χ1v) is 10.8. The average Bonchev–Trinajstić information content (AvgIpc) is 3.54. The van der Waals surface area contributed by atoms with Crippen molar-refractivity contribution in [2.75, 3.05) is 12.4 Å². The highest BCUT2D eigenvalue weighted by Crippen LogP contribution is 2.36. The number of nitrogens with two attached hydrogens (primary N) is 1. The number of carbonyl (C=O) groups is 1. The number of methoxy groups -OCH3 is 1. The molecule has 34 heavy (non-hydrogen) atoms. The number of carbonyl (C=O) groups excluding carboxylic acids is 1. The van der Waals surface area contributed by atoms with E-state index in [0.717, 1.165) is 18.7 Å². The first-order valence-electron chi connectivity index (χ1n) is 10.8. The Labute approximate surface area is 195 Å². The Balaban J connectivity index is 1.42. The molecule has 5 heterocycles. The van der Waals surface area contributed by atoms with Crippen molar-refractivity contribution < 1.29 is 9.53 Å². The number of fused-ring (bicyclic) bond motifs is 1. The van der Waals surface area contributed by atoms with Gasteiger partial charge in [-0.15, -0.1) is 15.3 Å². The van der Waals surface area contributed by atoms with Gasteiger partial charge < -0.3 is 20.4 Å². The maximum Gasteiger partial charge on any atom is 0.263 e. The minimum atomic E-state index is -0.436. The summed E-state index contributed by atoms with van der Waals surface area (Å²) in [6.45, 7) is 3.99.